The number of hydrogen-bond acceptors (Lipinski definition) is 4. The predicted molar refractivity (Wildman–Crippen MR) is 103 cm³/mol. The highest BCUT2D eigenvalue weighted by atomic mass is 32.1. The van der Waals surface area contributed by atoms with Crippen LogP contribution in [0, 0.1) is 0 Å². The van der Waals surface area contributed by atoms with Crippen molar-refractivity contribution in [2.75, 3.05) is 13.1 Å². The molecule has 0 radical (unpaired) electrons. The number of nitrogens with zero attached hydrogens (tertiary/aromatic N) is 2. The van der Waals surface area contributed by atoms with Gasteiger partial charge in [0, 0.05) is 25.4 Å². The molecule has 1 unspecified atom stereocenters. The number of carbonyl (C=O) groups is 1. The molecule has 1 aromatic heterocycles. The van der Waals surface area contributed by atoms with Crippen LogP contribution < -0.4 is 4.74 Å². The second kappa shape index (κ2) is 6.40. The number of hydrogen-bond donors (Lipinski definition) is 0. The lowest BCUT2D eigenvalue weighted by Gasteiger charge is -2.32. The van der Waals surface area contributed by atoms with E-state index < -0.39 is 0 Å². The first-order valence-corrected chi connectivity index (χ1v) is 9.98. The average Bonchev–Trinajstić information content (AvgIpc) is 3.31. The van der Waals surface area contributed by atoms with E-state index in [1.54, 1.807) is 11.3 Å². The molecule has 3 heterocycles. The predicted octanol–water partition coefficient (Wildman–Crippen LogP) is 4.01. The molecule has 0 spiro atoms. The number of fused-ring (bicyclic) bond motifs is 2. The lowest BCUT2D eigenvalue weighted by atomic mass is 9.97. The zero-order valence-electron chi connectivity index (χ0n) is 14.4. The maximum Gasteiger partial charge on any atom is 0.263 e. The van der Waals surface area contributed by atoms with E-state index in [1.807, 2.05) is 35.2 Å². The van der Waals surface area contributed by atoms with Crippen LogP contribution in [0.15, 0.2) is 48.5 Å². The van der Waals surface area contributed by atoms with Crippen LogP contribution in [0.1, 0.15) is 29.3 Å². The van der Waals surface area contributed by atoms with Gasteiger partial charge in [-0.15, -0.1) is 11.3 Å². The summed E-state index contributed by atoms with van der Waals surface area (Å²) in [5.74, 6) is 1.44. The molecule has 4 nitrogen and oxygen atoms in total. The van der Waals surface area contributed by atoms with Crippen LogP contribution in [-0.4, -0.2) is 35.0 Å². The van der Waals surface area contributed by atoms with Gasteiger partial charge in [-0.05, 0) is 36.6 Å². The fraction of sp³-hybridized carbons (Fsp3) is 0.333. The molecule has 5 rings (SSSR count). The molecule has 2 aliphatic heterocycles. The number of ether oxygens (including phenoxy) is 1. The number of carbonyl (C=O) groups excluding carboxylic acids is 1. The molecule has 26 heavy (non-hydrogen) atoms. The first kappa shape index (κ1) is 15.8. The van der Waals surface area contributed by atoms with Crippen molar-refractivity contribution in [2.45, 2.75) is 31.3 Å². The van der Waals surface area contributed by atoms with E-state index in [0.717, 1.165) is 42.8 Å². The van der Waals surface area contributed by atoms with Crippen molar-refractivity contribution in [3.05, 3.63) is 59.1 Å². The smallest absolute Gasteiger partial charge is 0.263 e. The molecular formula is C21H20N2O2S. The van der Waals surface area contributed by atoms with Gasteiger partial charge in [0.2, 0.25) is 0 Å². The second-order valence-corrected chi connectivity index (χ2v) is 8.10. The monoisotopic (exact) mass is 364 g/mol. The number of thiazole rings is 1. The number of aromatic nitrogens is 1. The molecule has 1 fully saturated rings. The van der Waals surface area contributed by atoms with Gasteiger partial charge in [0.1, 0.15) is 5.75 Å². The van der Waals surface area contributed by atoms with Crippen molar-refractivity contribution >= 4 is 27.5 Å². The van der Waals surface area contributed by atoms with E-state index in [1.165, 1.54) is 9.71 Å². The van der Waals surface area contributed by atoms with Gasteiger partial charge >= 0.3 is 0 Å². The van der Waals surface area contributed by atoms with E-state index >= 15 is 0 Å². The van der Waals surface area contributed by atoms with Gasteiger partial charge in [0.15, 0.2) is 6.10 Å². The van der Waals surface area contributed by atoms with Gasteiger partial charge in [-0.2, -0.15) is 0 Å². The van der Waals surface area contributed by atoms with Crippen LogP contribution in [0.5, 0.6) is 5.75 Å². The van der Waals surface area contributed by atoms with Crippen LogP contribution in [0.3, 0.4) is 0 Å². The zero-order valence-corrected chi connectivity index (χ0v) is 15.2. The topological polar surface area (TPSA) is 42.4 Å². The van der Waals surface area contributed by atoms with Crippen molar-refractivity contribution in [1.82, 2.24) is 9.88 Å². The fourth-order valence-electron chi connectivity index (χ4n) is 3.93. The van der Waals surface area contributed by atoms with E-state index in [4.69, 9.17) is 9.72 Å². The maximum atomic E-state index is 12.8. The van der Waals surface area contributed by atoms with Gasteiger partial charge in [-0.1, -0.05) is 30.3 Å². The third-order valence-corrected chi connectivity index (χ3v) is 6.59. The number of benzene rings is 2. The molecule has 1 saturated heterocycles. The largest absolute Gasteiger partial charge is 0.480 e. The highest BCUT2D eigenvalue weighted by Gasteiger charge is 2.34. The van der Waals surface area contributed by atoms with Gasteiger partial charge in [-0.3, -0.25) is 4.79 Å². The molecule has 2 aliphatic rings. The van der Waals surface area contributed by atoms with Crippen LogP contribution in [0.25, 0.3) is 10.2 Å². The van der Waals surface area contributed by atoms with E-state index in [0.29, 0.717) is 12.3 Å². The number of para-hydroxylation sites is 2. The summed E-state index contributed by atoms with van der Waals surface area (Å²) in [6.45, 7) is 1.57. The molecule has 0 N–H and O–H groups in total. The highest BCUT2D eigenvalue weighted by Crippen LogP contribution is 2.35. The molecule has 2 aromatic carbocycles. The molecule has 0 bridgehead atoms. The molecular weight excluding hydrogens is 344 g/mol. The summed E-state index contributed by atoms with van der Waals surface area (Å²) >= 11 is 1.79. The third-order valence-electron chi connectivity index (χ3n) is 5.39. The Morgan fingerprint density at radius 2 is 1.85 bits per heavy atom. The average molecular weight is 364 g/mol. The fourth-order valence-corrected chi connectivity index (χ4v) is 5.07. The summed E-state index contributed by atoms with van der Waals surface area (Å²) in [4.78, 5) is 19.6. The van der Waals surface area contributed by atoms with Crippen molar-refractivity contribution in [1.29, 1.82) is 0 Å². The Bertz CT molecular complexity index is 901. The number of amides is 1. The molecule has 3 aromatic rings. The molecule has 0 saturated carbocycles. The molecule has 1 amide bonds. The van der Waals surface area contributed by atoms with E-state index in [-0.39, 0.29) is 12.0 Å². The molecule has 132 valence electrons. The summed E-state index contributed by atoms with van der Waals surface area (Å²) in [6, 6.07) is 16.2. The van der Waals surface area contributed by atoms with Gasteiger partial charge in [-0.25, -0.2) is 4.98 Å². The van der Waals surface area contributed by atoms with Crippen molar-refractivity contribution in [3.8, 4) is 5.75 Å². The maximum absolute atomic E-state index is 12.8. The quantitative estimate of drug-likeness (QED) is 0.690. The Labute approximate surface area is 156 Å². The molecule has 1 atom stereocenters. The lowest BCUT2D eigenvalue weighted by molar-refractivity contribution is -0.139. The molecule has 0 aliphatic carbocycles. The summed E-state index contributed by atoms with van der Waals surface area (Å²) in [5.41, 5.74) is 2.22. The zero-order chi connectivity index (χ0) is 17.5. The molecule has 5 heteroatoms. The van der Waals surface area contributed by atoms with E-state index in [2.05, 4.69) is 18.2 Å². The van der Waals surface area contributed by atoms with Crippen LogP contribution in [0.4, 0.5) is 0 Å². The minimum atomic E-state index is -0.355. The summed E-state index contributed by atoms with van der Waals surface area (Å²) in [5, 5.41) is 1.21. The second-order valence-electron chi connectivity index (χ2n) is 7.04. The summed E-state index contributed by atoms with van der Waals surface area (Å²) in [7, 11) is 0. The van der Waals surface area contributed by atoms with Gasteiger partial charge in [0.25, 0.3) is 5.91 Å². The highest BCUT2D eigenvalue weighted by molar-refractivity contribution is 7.18. The minimum absolute atomic E-state index is 0.129. The number of piperidine rings is 1. The number of likely N-dealkylation sites (tertiary alicyclic amines) is 1. The Kier molecular flexibility index (Phi) is 3.89. The standard InChI is InChI=1S/C21H20N2O2S/c24-21(18-13-15-5-1-3-7-17(15)25-18)23-11-9-14(10-12-23)20-22-16-6-2-4-8-19(16)26-20/h1-8,14,18H,9-13H2. The first-order chi connectivity index (χ1) is 12.8. The Hall–Kier alpha value is -2.40. The van der Waals surface area contributed by atoms with Crippen LogP contribution >= 0.6 is 11.3 Å². The third kappa shape index (κ3) is 2.76. The minimum Gasteiger partial charge on any atom is -0.480 e. The van der Waals surface area contributed by atoms with Crippen molar-refractivity contribution in [3.63, 3.8) is 0 Å². The van der Waals surface area contributed by atoms with Crippen molar-refractivity contribution < 1.29 is 9.53 Å². The van der Waals surface area contributed by atoms with Gasteiger partial charge in [0.05, 0.1) is 15.2 Å². The summed E-state index contributed by atoms with van der Waals surface area (Å²) < 4.78 is 7.12. The lowest BCUT2D eigenvalue weighted by Crippen LogP contribution is -2.45. The van der Waals surface area contributed by atoms with Crippen LogP contribution in [0.2, 0.25) is 0 Å². The Balaban J connectivity index is 1.24. The van der Waals surface area contributed by atoms with E-state index in [9.17, 15) is 4.79 Å². The normalized spacial score (nSPS) is 20.2. The Morgan fingerprint density at radius 3 is 2.65 bits per heavy atom. The summed E-state index contributed by atoms with van der Waals surface area (Å²) in [6.07, 6.45) is 2.29. The first-order valence-electron chi connectivity index (χ1n) is 9.17. The van der Waals surface area contributed by atoms with Crippen molar-refractivity contribution in [2.24, 2.45) is 0 Å². The van der Waals surface area contributed by atoms with Gasteiger partial charge < -0.3 is 9.64 Å². The van der Waals surface area contributed by atoms with Crippen LogP contribution in [-0.2, 0) is 11.2 Å². The Morgan fingerprint density at radius 1 is 1.08 bits per heavy atom. The SMILES string of the molecule is O=C(C1Cc2ccccc2O1)N1CCC(c2nc3ccccc3s2)CC1. The number of rotatable bonds is 2.